The lowest BCUT2D eigenvalue weighted by molar-refractivity contribution is -0.157. The molecule has 0 saturated carbocycles. The summed E-state index contributed by atoms with van der Waals surface area (Å²) in [4.78, 5) is 27.7. The summed E-state index contributed by atoms with van der Waals surface area (Å²) in [7, 11) is 0. The van der Waals surface area contributed by atoms with Gasteiger partial charge in [0, 0.05) is 32.7 Å². The minimum absolute atomic E-state index is 0.0399. The van der Waals surface area contributed by atoms with E-state index in [0.717, 1.165) is 19.5 Å². The number of piperazine rings is 1. The third kappa shape index (κ3) is 2.81. The van der Waals surface area contributed by atoms with Crippen LogP contribution in [0.1, 0.15) is 13.3 Å². The van der Waals surface area contributed by atoms with Crippen molar-refractivity contribution in [3.63, 3.8) is 0 Å². The molecule has 0 aliphatic carbocycles. The number of ether oxygens (including phenoxy) is 1. The van der Waals surface area contributed by atoms with Gasteiger partial charge in [-0.15, -0.1) is 0 Å². The Hall–Kier alpha value is -1.14. The highest BCUT2D eigenvalue weighted by molar-refractivity contribution is 6.35. The maximum atomic E-state index is 12.2. The van der Waals surface area contributed by atoms with Crippen molar-refractivity contribution in [2.24, 2.45) is 0 Å². The highest BCUT2D eigenvalue weighted by Crippen LogP contribution is 2.11. The van der Waals surface area contributed by atoms with Gasteiger partial charge in [0.2, 0.25) is 0 Å². The fourth-order valence-corrected chi connectivity index (χ4v) is 2.39. The van der Waals surface area contributed by atoms with Gasteiger partial charge in [-0.05, 0) is 6.42 Å². The molecule has 102 valence electrons. The SMILES string of the molecule is CCC1COCCN1C(=O)C(=O)N1CCNCC1. The fraction of sp³-hybridized carbons (Fsp3) is 0.833. The smallest absolute Gasteiger partial charge is 0.312 e. The van der Waals surface area contributed by atoms with Gasteiger partial charge in [-0.25, -0.2) is 0 Å². The van der Waals surface area contributed by atoms with Crippen molar-refractivity contribution in [3.8, 4) is 0 Å². The minimum atomic E-state index is -0.368. The van der Waals surface area contributed by atoms with Crippen molar-refractivity contribution in [2.75, 3.05) is 45.9 Å². The monoisotopic (exact) mass is 255 g/mol. The van der Waals surface area contributed by atoms with Crippen LogP contribution in [0.2, 0.25) is 0 Å². The van der Waals surface area contributed by atoms with Crippen LogP contribution in [0.3, 0.4) is 0 Å². The van der Waals surface area contributed by atoms with E-state index in [4.69, 9.17) is 4.74 Å². The molecule has 1 N–H and O–H groups in total. The van der Waals surface area contributed by atoms with E-state index in [-0.39, 0.29) is 17.9 Å². The van der Waals surface area contributed by atoms with Gasteiger partial charge in [-0.2, -0.15) is 0 Å². The molecular formula is C12H21N3O3. The zero-order valence-electron chi connectivity index (χ0n) is 10.9. The second-order valence-electron chi connectivity index (χ2n) is 4.68. The van der Waals surface area contributed by atoms with Gasteiger partial charge in [0.1, 0.15) is 0 Å². The van der Waals surface area contributed by atoms with Crippen molar-refractivity contribution in [3.05, 3.63) is 0 Å². The fourth-order valence-electron chi connectivity index (χ4n) is 2.39. The molecule has 1 unspecified atom stereocenters. The molecule has 2 amide bonds. The van der Waals surface area contributed by atoms with E-state index in [1.54, 1.807) is 9.80 Å². The Kier molecular flexibility index (Phi) is 4.54. The van der Waals surface area contributed by atoms with Crippen LogP contribution < -0.4 is 5.32 Å². The normalized spacial score (nSPS) is 25.1. The lowest BCUT2D eigenvalue weighted by Gasteiger charge is -2.36. The highest BCUT2D eigenvalue weighted by atomic mass is 16.5. The maximum Gasteiger partial charge on any atom is 0.312 e. The quantitative estimate of drug-likeness (QED) is 0.614. The zero-order valence-corrected chi connectivity index (χ0v) is 10.9. The molecule has 2 saturated heterocycles. The third-order valence-electron chi connectivity index (χ3n) is 3.55. The number of rotatable bonds is 1. The Morgan fingerprint density at radius 2 is 1.94 bits per heavy atom. The molecule has 1 atom stereocenters. The second kappa shape index (κ2) is 6.15. The molecule has 2 aliphatic rings. The van der Waals surface area contributed by atoms with Crippen LogP contribution in [-0.2, 0) is 14.3 Å². The van der Waals surface area contributed by atoms with E-state index in [1.807, 2.05) is 6.92 Å². The molecule has 2 rings (SSSR count). The molecule has 2 fully saturated rings. The predicted molar refractivity (Wildman–Crippen MR) is 66.1 cm³/mol. The zero-order chi connectivity index (χ0) is 13.0. The van der Waals surface area contributed by atoms with Crippen LogP contribution in [0.4, 0.5) is 0 Å². The molecule has 0 aromatic rings. The summed E-state index contributed by atoms with van der Waals surface area (Å²) in [5.74, 6) is -0.732. The first-order valence-electron chi connectivity index (χ1n) is 6.62. The number of carbonyl (C=O) groups excluding carboxylic acids is 2. The van der Waals surface area contributed by atoms with Gasteiger partial charge in [-0.1, -0.05) is 6.92 Å². The topological polar surface area (TPSA) is 61.9 Å². The summed E-state index contributed by atoms with van der Waals surface area (Å²) in [5, 5.41) is 3.17. The van der Waals surface area contributed by atoms with Crippen LogP contribution in [0, 0.1) is 0 Å². The molecule has 0 spiro atoms. The molecule has 0 radical (unpaired) electrons. The maximum absolute atomic E-state index is 12.2. The summed E-state index contributed by atoms with van der Waals surface area (Å²) < 4.78 is 5.35. The lowest BCUT2D eigenvalue weighted by Crippen LogP contribution is -2.56. The van der Waals surface area contributed by atoms with Crippen molar-refractivity contribution in [1.82, 2.24) is 15.1 Å². The van der Waals surface area contributed by atoms with E-state index < -0.39 is 0 Å². The summed E-state index contributed by atoms with van der Waals surface area (Å²) >= 11 is 0. The van der Waals surface area contributed by atoms with E-state index in [2.05, 4.69) is 5.32 Å². The number of amides is 2. The highest BCUT2D eigenvalue weighted by Gasteiger charge is 2.33. The van der Waals surface area contributed by atoms with E-state index in [0.29, 0.717) is 32.8 Å². The molecule has 18 heavy (non-hydrogen) atoms. The average Bonchev–Trinajstić information content (AvgIpc) is 2.46. The first kappa shape index (κ1) is 13.3. The Morgan fingerprint density at radius 3 is 2.61 bits per heavy atom. The van der Waals surface area contributed by atoms with Crippen molar-refractivity contribution in [2.45, 2.75) is 19.4 Å². The Balaban J connectivity index is 1.97. The molecule has 2 aliphatic heterocycles. The van der Waals surface area contributed by atoms with Crippen LogP contribution in [0.5, 0.6) is 0 Å². The van der Waals surface area contributed by atoms with Crippen LogP contribution >= 0.6 is 0 Å². The number of hydrogen-bond acceptors (Lipinski definition) is 4. The number of morpholine rings is 1. The molecule has 6 nitrogen and oxygen atoms in total. The second-order valence-corrected chi connectivity index (χ2v) is 4.68. The summed E-state index contributed by atoms with van der Waals surface area (Å²) in [6.07, 6.45) is 0.820. The molecular weight excluding hydrogens is 234 g/mol. The molecule has 0 aromatic carbocycles. The standard InChI is InChI=1S/C12H21N3O3/c1-2-10-9-18-8-7-15(10)12(17)11(16)14-5-3-13-4-6-14/h10,13H,2-9H2,1H3. The molecule has 6 heteroatoms. The average molecular weight is 255 g/mol. The minimum Gasteiger partial charge on any atom is -0.377 e. The molecule has 0 aromatic heterocycles. The Labute approximate surface area is 107 Å². The van der Waals surface area contributed by atoms with Crippen LogP contribution in [0.15, 0.2) is 0 Å². The Bertz CT molecular complexity index is 316. The van der Waals surface area contributed by atoms with E-state index in [1.165, 1.54) is 0 Å². The summed E-state index contributed by atoms with van der Waals surface area (Å²) in [5.41, 5.74) is 0. The van der Waals surface area contributed by atoms with Crippen LogP contribution in [0.25, 0.3) is 0 Å². The number of hydrogen-bond donors (Lipinski definition) is 1. The van der Waals surface area contributed by atoms with Crippen molar-refractivity contribution in [1.29, 1.82) is 0 Å². The first-order valence-corrected chi connectivity index (χ1v) is 6.62. The molecule has 2 heterocycles. The van der Waals surface area contributed by atoms with Gasteiger partial charge < -0.3 is 19.9 Å². The van der Waals surface area contributed by atoms with E-state index in [9.17, 15) is 9.59 Å². The predicted octanol–water partition coefficient (Wildman–Crippen LogP) is -0.944. The van der Waals surface area contributed by atoms with Crippen molar-refractivity contribution >= 4 is 11.8 Å². The van der Waals surface area contributed by atoms with Gasteiger partial charge in [-0.3, -0.25) is 9.59 Å². The number of carbonyl (C=O) groups is 2. The molecule has 0 bridgehead atoms. The van der Waals surface area contributed by atoms with Crippen molar-refractivity contribution < 1.29 is 14.3 Å². The van der Waals surface area contributed by atoms with Gasteiger partial charge >= 0.3 is 11.8 Å². The van der Waals surface area contributed by atoms with E-state index >= 15 is 0 Å². The summed E-state index contributed by atoms with van der Waals surface area (Å²) in [6, 6.07) is 0.0399. The summed E-state index contributed by atoms with van der Waals surface area (Å²) in [6.45, 7) is 6.36. The van der Waals surface area contributed by atoms with Gasteiger partial charge in [0.25, 0.3) is 0 Å². The lowest BCUT2D eigenvalue weighted by atomic mass is 10.1. The first-order chi connectivity index (χ1) is 8.74. The largest absolute Gasteiger partial charge is 0.377 e. The number of nitrogens with zero attached hydrogens (tertiary/aromatic N) is 2. The van der Waals surface area contributed by atoms with Gasteiger partial charge in [0.05, 0.1) is 19.3 Å². The van der Waals surface area contributed by atoms with Gasteiger partial charge in [0.15, 0.2) is 0 Å². The third-order valence-corrected chi connectivity index (χ3v) is 3.55. The number of nitrogens with one attached hydrogen (secondary N) is 1. The Morgan fingerprint density at radius 1 is 1.22 bits per heavy atom. The van der Waals surface area contributed by atoms with Crippen LogP contribution in [-0.4, -0.2) is 73.6 Å².